The largest absolute Gasteiger partial charge is 0.390 e. The number of aliphatic imine (C=N–C) groups is 1. The van der Waals surface area contributed by atoms with Crippen LogP contribution in [0.5, 0.6) is 0 Å². The van der Waals surface area contributed by atoms with E-state index in [0.29, 0.717) is 11.3 Å². The van der Waals surface area contributed by atoms with Gasteiger partial charge in [-0.25, -0.2) is 4.99 Å². The lowest BCUT2D eigenvalue weighted by molar-refractivity contribution is -0.430. The van der Waals surface area contributed by atoms with E-state index in [1.54, 1.807) is 28.6 Å². The van der Waals surface area contributed by atoms with Gasteiger partial charge in [-0.3, -0.25) is 9.48 Å². The number of nitrogens with one attached hydrogen (secondary N) is 1. The van der Waals surface area contributed by atoms with E-state index >= 15 is 0 Å². The van der Waals surface area contributed by atoms with Crippen LogP contribution in [0.4, 0.5) is 18.9 Å². The number of nitrogens with zero attached hydrogens (tertiary/aromatic N) is 4. The van der Waals surface area contributed by atoms with Crippen molar-refractivity contribution in [2.75, 3.05) is 13.2 Å². The Morgan fingerprint density at radius 1 is 1.38 bits per heavy atom. The number of rotatable bonds is 4. The summed E-state index contributed by atoms with van der Waals surface area (Å²) in [5, 5.41) is 6.40. The van der Waals surface area contributed by atoms with Crippen LogP contribution < -0.4 is 5.32 Å². The van der Waals surface area contributed by atoms with Crippen LogP contribution in [0.2, 0.25) is 0 Å². The van der Waals surface area contributed by atoms with E-state index in [1.807, 2.05) is 18.3 Å². The number of hydrogen-bond donors (Lipinski definition) is 1. The van der Waals surface area contributed by atoms with Gasteiger partial charge in [-0.2, -0.15) is 22.8 Å². The normalized spacial score (nSPS) is 14.0. The first-order chi connectivity index (χ1) is 12.2. The minimum absolute atomic E-state index is 0.104. The molecule has 0 saturated carbocycles. The minimum atomic E-state index is -4.32. The molecule has 0 unspecified atom stereocenters. The summed E-state index contributed by atoms with van der Waals surface area (Å²) in [6, 6.07) is 5.45. The van der Waals surface area contributed by atoms with Gasteiger partial charge in [0.1, 0.15) is 12.4 Å². The van der Waals surface area contributed by atoms with E-state index in [-0.39, 0.29) is 12.4 Å². The Hall–Kier alpha value is -2.97. The Kier molecular flexibility index (Phi) is 4.62. The summed E-state index contributed by atoms with van der Waals surface area (Å²) in [6.07, 6.45) is -1.90. The van der Waals surface area contributed by atoms with Crippen LogP contribution >= 0.6 is 0 Å². The molecular weight excluding hydrogens is 347 g/mol. The molecule has 2 aromatic rings. The molecular formula is C17H17F3N5O+. The highest BCUT2D eigenvalue weighted by atomic mass is 19.4. The van der Waals surface area contributed by atoms with Crippen molar-refractivity contribution in [2.45, 2.75) is 12.6 Å². The fourth-order valence-corrected chi connectivity index (χ4v) is 2.66. The first-order valence-corrected chi connectivity index (χ1v) is 7.85. The van der Waals surface area contributed by atoms with Gasteiger partial charge in [0.25, 0.3) is 5.91 Å². The molecule has 136 valence electrons. The number of aryl methyl sites for hydroxylation is 1. The molecule has 9 heteroatoms. The Balaban J connectivity index is 1.88. The van der Waals surface area contributed by atoms with Gasteiger partial charge in [0.2, 0.25) is 12.4 Å². The molecule has 0 aliphatic carbocycles. The lowest BCUT2D eigenvalue weighted by atomic mass is 9.99. The first kappa shape index (κ1) is 17.8. The lowest BCUT2D eigenvalue weighted by Gasteiger charge is -2.15. The van der Waals surface area contributed by atoms with Crippen molar-refractivity contribution in [3.8, 4) is 11.1 Å². The molecule has 0 radical (unpaired) electrons. The standard InChI is InChI=1S/C17H16F3N5O/c1-24-10-22-15(16(26)21-6-5-17(18,19)20)13-7-11(3-4-14(13)24)12-8-23-25(2)9-12/h3-4,7-9H,1,5-6,10H2,2H3/p+1. The van der Waals surface area contributed by atoms with Crippen molar-refractivity contribution in [1.82, 2.24) is 15.1 Å². The summed E-state index contributed by atoms with van der Waals surface area (Å²) in [4.78, 5) is 16.5. The zero-order valence-corrected chi connectivity index (χ0v) is 14.0. The second-order valence-corrected chi connectivity index (χ2v) is 5.94. The Bertz CT molecular complexity index is 898. The molecule has 0 atom stereocenters. The number of hydrogen-bond acceptors (Lipinski definition) is 3. The molecule has 0 saturated heterocycles. The van der Waals surface area contributed by atoms with Crippen molar-refractivity contribution in [1.29, 1.82) is 0 Å². The molecule has 0 spiro atoms. The maximum atomic E-state index is 12.3. The van der Waals surface area contributed by atoms with E-state index in [2.05, 4.69) is 22.1 Å². The Morgan fingerprint density at radius 3 is 2.81 bits per heavy atom. The van der Waals surface area contributed by atoms with Gasteiger partial charge in [-0.1, -0.05) is 0 Å². The first-order valence-electron chi connectivity index (χ1n) is 7.85. The van der Waals surface area contributed by atoms with E-state index in [9.17, 15) is 18.0 Å². The molecule has 0 bridgehead atoms. The fourth-order valence-electron chi connectivity index (χ4n) is 2.66. The molecule has 1 aromatic carbocycles. The van der Waals surface area contributed by atoms with Crippen LogP contribution in [0.1, 0.15) is 12.0 Å². The summed E-state index contributed by atoms with van der Waals surface area (Å²) in [6.45, 7) is 3.52. The second kappa shape index (κ2) is 6.74. The van der Waals surface area contributed by atoms with Crippen molar-refractivity contribution < 1.29 is 22.5 Å². The number of alkyl halides is 3. The average molecular weight is 364 g/mol. The highest BCUT2D eigenvalue weighted by Crippen LogP contribution is 2.29. The summed E-state index contributed by atoms with van der Waals surface area (Å²) >= 11 is 0. The predicted molar refractivity (Wildman–Crippen MR) is 90.8 cm³/mol. The third-order valence-corrected chi connectivity index (χ3v) is 3.94. The number of carbonyl (C=O) groups is 1. The maximum absolute atomic E-state index is 12.3. The third-order valence-electron chi connectivity index (χ3n) is 3.94. The summed E-state index contributed by atoms with van der Waals surface area (Å²) in [7, 11) is 1.79. The average Bonchev–Trinajstić information content (AvgIpc) is 3.00. The quantitative estimate of drug-likeness (QED) is 0.846. The summed E-state index contributed by atoms with van der Waals surface area (Å²) < 4.78 is 40.1. The molecule has 2 heterocycles. The highest BCUT2D eigenvalue weighted by Gasteiger charge is 2.30. The van der Waals surface area contributed by atoms with Crippen molar-refractivity contribution in [2.24, 2.45) is 12.0 Å². The summed E-state index contributed by atoms with van der Waals surface area (Å²) in [5.41, 5.74) is 3.00. The third kappa shape index (κ3) is 3.81. The lowest BCUT2D eigenvalue weighted by Crippen LogP contribution is -2.36. The van der Waals surface area contributed by atoms with E-state index in [1.165, 1.54) is 0 Å². The van der Waals surface area contributed by atoms with E-state index in [4.69, 9.17) is 0 Å². The molecule has 3 rings (SSSR count). The van der Waals surface area contributed by atoms with Crippen LogP contribution in [-0.2, 0) is 11.8 Å². The highest BCUT2D eigenvalue weighted by molar-refractivity contribution is 6.46. The van der Waals surface area contributed by atoms with Gasteiger partial charge < -0.3 is 5.32 Å². The number of benzene rings is 1. The topological polar surface area (TPSA) is 62.3 Å². The second-order valence-electron chi connectivity index (χ2n) is 5.94. The molecule has 1 aliphatic heterocycles. The predicted octanol–water partition coefficient (Wildman–Crippen LogP) is 2.26. The van der Waals surface area contributed by atoms with Gasteiger partial charge in [-0.15, -0.1) is 0 Å². The molecule has 26 heavy (non-hydrogen) atoms. The maximum Gasteiger partial charge on any atom is 0.390 e. The molecule has 1 aromatic heterocycles. The van der Waals surface area contributed by atoms with Gasteiger partial charge in [0, 0.05) is 31.4 Å². The van der Waals surface area contributed by atoms with Crippen LogP contribution in [0.25, 0.3) is 11.1 Å². The SMILES string of the molecule is C=[N+]1CN=C(C(=O)NCCC(F)(F)F)c2cc(-c3cnn(C)c3)ccc21. The van der Waals surface area contributed by atoms with Gasteiger partial charge in [-0.05, 0) is 17.7 Å². The van der Waals surface area contributed by atoms with Crippen molar-refractivity contribution in [3.63, 3.8) is 0 Å². The van der Waals surface area contributed by atoms with Crippen LogP contribution in [0.15, 0.2) is 35.6 Å². The van der Waals surface area contributed by atoms with Crippen LogP contribution in [-0.4, -0.2) is 52.1 Å². The molecule has 1 aliphatic rings. The van der Waals surface area contributed by atoms with Crippen LogP contribution in [0.3, 0.4) is 0 Å². The fraction of sp³-hybridized carbons (Fsp3) is 0.294. The van der Waals surface area contributed by atoms with Gasteiger partial charge >= 0.3 is 6.18 Å². The smallest absolute Gasteiger partial charge is 0.350 e. The van der Waals surface area contributed by atoms with Crippen molar-refractivity contribution >= 4 is 24.0 Å². The number of fused-ring (bicyclic) bond motifs is 1. The van der Waals surface area contributed by atoms with Gasteiger partial charge in [0.05, 0.1) is 18.2 Å². The Morgan fingerprint density at radius 2 is 2.15 bits per heavy atom. The number of halogens is 3. The number of carbonyl (C=O) groups excluding carboxylic acids is 1. The summed E-state index contributed by atoms with van der Waals surface area (Å²) in [5.74, 6) is -0.632. The van der Waals surface area contributed by atoms with E-state index < -0.39 is 25.0 Å². The minimum Gasteiger partial charge on any atom is -0.350 e. The van der Waals surface area contributed by atoms with E-state index in [0.717, 1.165) is 11.1 Å². The monoisotopic (exact) mass is 364 g/mol. The zero-order valence-electron chi connectivity index (χ0n) is 14.0. The molecule has 1 N–H and O–H groups in total. The Labute approximate surface area is 147 Å². The zero-order chi connectivity index (χ0) is 18.9. The number of aromatic nitrogens is 2. The van der Waals surface area contributed by atoms with Gasteiger partial charge in [0.15, 0.2) is 0 Å². The van der Waals surface area contributed by atoms with Crippen LogP contribution in [0, 0.1) is 0 Å². The van der Waals surface area contributed by atoms with Crippen molar-refractivity contribution in [3.05, 3.63) is 36.2 Å². The molecule has 6 nitrogen and oxygen atoms in total. The number of amides is 1. The molecule has 0 fully saturated rings. The molecule has 1 amide bonds.